The van der Waals surface area contributed by atoms with Crippen LogP contribution >= 0.6 is 11.8 Å². The molecule has 2 heterocycles. The third-order valence-electron chi connectivity index (χ3n) is 5.22. The number of thioether (sulfide) groups is 1. The number of hydrogen-bond donors (Lipinski definition) is 0. The highest BCUT2D eigenvalue weighted by molar-refractivity contribution is 8.13. The Hall–Kier alpha value is -3.18. The van der Waals surface area contributed by atoms with Gasteiger partial charge in [0.1, 0.15) is 5.92 Å². The van der Waals surface area contributed by atoms with Crippen LogP contribution in [0.15, 0.2) is 94.8 Å². The molecule has 0 bridgehead atoms. The Labute approximate surface area is 180 Å². The first-order valence-corrected chi connectivity index (χ1v) is 10.9. The van der Waals surface area contributed by atoms with Crippen LogP contribution < -0.4 is 0 Å². The standard InChI is InChI=1S/C25H21NO3S/c1-16-20(25(28)30-2)21(18-13-7-4-8-14-18)22-23(27)19(29-24(22)26-16)15-9-12-17-10-5-3-6-11-17/h3-15,21-22H,1-2H3/b12-9+,19-15+. The number of fused-ring (bicyclic) bond motifs is 1. The van der Waals surface area contributed by atoms with Gasteiger partial charge in [0.2, 0.25) is 16.8 Å². The number of ether oxygens (including phenoxy) is 1. The molecule has 0 radical (unpaired) electrons. The lowest BCUT2D eigenvalue weighted by atomic mass is 9.77. The Kier molecular flexibility index (Phi) is 5.81. The van der Waals surface area contributed by atoms with Crippen LogP contribution in [0.25, 0.3) is 6.08 Å². The molecule has 0 N–H and O–H groups in total. The summed E-state index contributed by atoms with van der Waals surface area (Å²) in [4.78, 5) is 30.5. The van der Waals surface area contributed by atoms with Crippen LogP contribution in [-0.4, -0.2) is 23.1 Å². The van der Waals surface area contributed by atoms with Gasteiger partial charge in [-0.1, -0.05) is 84.6 Å². The Bertz CT molecular complexity index is 1100. The molecule has 150 valence electrons. The maximum atomic E-state index is 13.3. The van der Waals surface area contributed by atoms with Gasteiger partial charge in [0, 0.05) is 17.2 Å². The van der Waals surface area contributed by atoms with Crippen molar-refractivity contribution in [2.75, 3.05) is 6.26 Å². The van der Waals surface area contributed by atoms with Crippen LogP contribution in [0.5, 0.6) is 0 Å². The molecule has 2 atom stereocenters. The number of hydrogen-bond acceptors (Lipinski definition) is 5. The molecule has 0 spiro atoms. The van der Waals surface area contributed by atoms with Crippen molar-refractivity contribution in [1.29, 1.82) is 0 Å². The summed E-state index contributed by atoms with van der Waals surface area (Å²) in [5.41, 5.74) is 3.11. The molecule has 4 nitrogen and oxygen atoms in total. The Balaban J connectivity index is 1.71. The number of ketones is 1. The largest absolute Gasteiger partial charge is 0.438 e. The maximum Gasteiger partial charge on any atom is 0.217 e. The maximum absolute atomic E-state index is 13.3. The van der Waals surface area contributed by atoms with E-state index >= 15 is 0 Å². The minimum absolute atomic E-state index is 0.0710. The van der Waals surface area contributed by atoms with Gasteiger partial charge in [-0.3, -0.25) is 9.59 Å². The molecule has 2 unspecified atom stereocenters. The van der Waals surface area contributed by atoms with Crippen LogP contribution in [0.4, 0.5) is 0 Å². The van der Waals surface area contributed by atoms with Gasteiger partial charge in [0.25, 0.3) is 0 Å². The van der Waals surface area contributed by atoms with Crippen LogP contribution in [0.2, 0.25) is 0 Å². The molecule has 30 heavy (non-hydrogen) atoms. The summed E-state index contributed by atoms with van der Waals surface area (Å²) >= 11 is 1.14. The number of nitrogens with zero attached hydrogens (tertiary/aromatic N) is 1. The lowest BCUT2D eigenvalue weighted by molar-refractivity contribution is -0.117. The number of benzene rings is 2. The van der Waals surface area contributed by atoms with Gasteiger partial charge >= 0.3 is 0 Å². The third-order valence-corrected chi connectivity index (χ3v) is 5.81. The lowest BCUT2D eigenvalue weighted by Crippen LogP contribution is -2.31. The minimum Gasteiger partial charge on any atom is -0.438 e. The lowest BCUT2D eigenvalue weighted by Gasteiger charge is -2.27. The molecule has 5 heteroatoms. The van der Waals surface area contributed by atoms with Crippen molar-refractivity contribution in [2.24, 2.45) is 10.9 Å². The third kappa shape index (κ3) is 3.81. The zero-order valence-electron chi connectivity index (χ0n) is 16.7. The molecule has 4 rings (SSSR count). The van der Waals surface area contributed by atoms with E-state index in [0.717, 1.165) is 22.9 Å². The van der Waals surface area contributed by atoms with Crippen LogP contribution in [0.1, 0.15) is 24.0 Å². The predicted molar refractivity (Wildman–Crippen MR) is 121 cm³/mol. The summed E-state index contributed by atoms with van der Waals surface area (Å²) < 4.78 is 5.86. The van der Waals surface area contributed by atoms with Gasteiger partial charge in [-0.25, -0.2) is 4.99 Å². The SMILES string of the molecule is CSC(=O)C1=C(C)N=C2O/C(=C/C=C/c3ccccc3)C(=O)C2C1c1ccccc1. The van der Waals surface area contributed by atoms with E-state index in [9.17, 15) is 9.59 Å². The van der Waals surface area contributed by atoms with Gasteiger partial charge in [-0.2, -0.15) is 0 Å². The van der Waals surface area contributed by atoms with Gasteiger partial charge in [-0.05, 0) is 30.4 Å². The van der Waals surface area contributed by atoms with Gasteiger partial charge in [0.15, 0.2) is 5.76 Å². The zero-order valence-corrected chi connectivity index (χ0v) is 17.6. The van der Waals surface area contributed by atoms with Crippen molar-refractivity contribution in [3.05, 3.63) is 101 Å². The minimum atomic E-state index is -0.626. The van der Waals surface area contributed by atoms with Gasteiger partial charge in [-0.15, -0.1) is 0 Å². The summed E-state index contributed by atoms with van der Waals surface area (Å²) in [5.74, 6) is -0.575. The summed E-state index contributed by atoms with van der Waals surface area (Å²) in [6, 6.07) is 19.5. The van der Waals surface area contributed by atoms with E-state index in [2.05, 4.69) is 4.99 Å². The van der Waals surface area contributed by atoms with E-state index in [4.69, 9.17) is 4.74 Å². The fourth-order valence-corrected chi connectivity index (χ4v) is 4.32. The van der Waals surface area contributed by atoms with Crippen LogP contribution in [0.3, 0.4) is 0 Å². The first kappa shape index (κ1) is 20.1. The number of rotatable bonds is 4. The second-order valence-electron chi connectivity index (χ2n) is 7.07. The average molecular weight is 416 g/mol. The average Bonchev–Trinajstić information content (AvgIpc) is 3.08. The summed E-state index contributed by atoms with van der Waals surface area (Å²) in [6.07, 6.45) is 7.13. The normalized spacial score (nSPS) is 22.3. The molecule has 0 amide bonds. The van der Waals surface area contributed by atoms with Gasteiger partial charge in [0.05, 0.1) is 0 Å². The first-order valence-electron chi connectivity index (χ1n) is 9.68. The van der Waals surface area contributed by atoms with Crippen molar-refractivity contribution in [3.63, 3.8) is 0 Å². The number of carbonyl (C=O) groups is 2. The molecule has 0 saturated carbocycles. The summed E-state index contributed by atoms with van der Waals surface area (Å²) in [7, 11) is 0. The topological polar surface area (TPSA) is 55.7 Å². The number of aliphatic imine (C=N–C) groups is 1. The number of Topliss-reactive ketones (excluding diaryl/α,β-unsaturated/α-hetero) is 1. The molecule has 2 aromatic rings. The van der Waals surface area contributed by atoms with Crippen molar-refractivity contribution >= 4 is 34.6 Å². The Morgan fingerprint density at radius 1 is 1.03 bits per heavy atom. The monoisotopic (exact) mass is 415 g/mol. The highest BCUT2D eigenvalue weighted by Crippen LogP contribution is 2.45. The van der Waals surface area contributed by atoms with Gasteiger partial charge < -0.3 is 4.74 Å². The van der Waals surface area contributed by atoms with Crippen molar-refractivity contribution in [2.45, 2.75) is 12.8 Å². The number of allylic oxidation sites excluding steroid dienone is 4. The molecule has 2 aliphatic heterocycles. The molecular weight excluding hydrogens is 394 g/mol. The summed E-state index contributed by atoms with van der Waals surface area (Å²) in [6.45, 7) is 1.80. The number of carbonyl (C=O) groups excluding carboxylic acids is 2. The van der Waals surface area contributed by atoms with Crippen molar-refractivity contribution in [3.8, 4) is 0 Å². The second kappa shape index (κ2) is 8.67. The fraction of sp³-hybridized carbons (Fsp3) is 0.160. The quantitative estimate of drug-likeness (QED) is 0.648. The first-order chi connectivity index (χ1) is 14.6. The highest BCUT2D eigenvalue weighted by Gasteiger charge is 2.48. The molecule has 1 saturated heterocycles. The van der Waals surface area contributed by atoms with E-state index < -0.39 is 11.8 Å². The van der Waals surface area contributed by atoms with E-state index in [0.29, 0.717) is 17.2 Å². The van der Waals surface area contributed by atoms with Crippen LogP contribution in [0, 0.1) is 5.92 Å². The summed E-state index contributed by atoms with van der Waals surface area (Å²) in [5, 5.41) is -0.0710. The Morgan fingerprint density at radius 3 is 2.37 bits per heavy atom. The molecular formula is C25H21NO3S. The second-order valence-corrected chi connectivity index (χ2v) is 7.85. The van der Waals surface area contributed by atoms with E-state index in [1.165, 1.54) is 0 Å². The fourth-order valence-electron chi connectivity index (χ4n) is 3.83. The molecule has 1 fully saturated rings. The zero-order chi connectivity index (χ0) is 21.1. The van der Waals surface area contributed by atoms with Crippen molar-refractivity contribution < 1.29 is 14.3 Å². The highest BCUT2D eigenvalue weighted by atomic mass is 32.2. The van der Waals surface area contributed by atoms with E-state index in [1.807, 2.05) is 66.7 Å². The van der Waals surface area contributed by atoms with Crippen LogP contribution in [-0.2, 0) is 14.3 Å². The molecule has 0 aliphatic carbocycles. The van der Waals surface area contributed by atoms with E-state index in [1.54, 1.807) is 25.3 Å². The predicted octanol–water partition coefficient (Wildman–Crippen LogP) is 5.16. The smallest absolute Gasteiger partial charge is 0.217 e. The Morgan fingerprint density at radius 2 is 1.70 bits per heavy atom. The molecule has 2 aliphatic rings. The van der Waals surface area contributed by atoms with Crippen molar-refractivity contribution in [1.82, 2.24) is 0 Å². The molecule has 0 aromatic heterocycles. The molecule has 2 aromatic carbocycles. The van der Waals surface area contributed by atoms with E-state index in [-0.39, 0.29) is 16.7 Å².